The van der Waals surface area contributed by atoms with Crippen molar-refractivity contribution in [1.82, 2.24) is 0 Å². The van der Waals surface area contributed by atoms with Gasteiger partial charge in [0.25, 0.3) is 5.91 Å². The third-order valence-electron chi connectivity index (χ3n) is 2.70. The molecule has 0 radical (unpaired) electrons. The number of anilines is 1. The van der Waals surface area contributed by atoms with E-state index >= 15 is 0 Å². The molecule has 0 saturated carbocycles. The monoisotopic (exact) mass is 279 g/mol. The molecule has 1 aromatic rings. The van der Waals surface area contributed by atoms with Crippen LogP contribution in [0.3, 0.4) is 0 Å². The summed E-state index contributed by atoms with van der Waals surface area (Å²) in [6, 6.07) is 4.98. The second kappa shape index (κ2) is 6.79. The molecule has 0 atom stereocenters. The molecule has 6 heteroatoms. The Balaban J connectivity index is 1.86. The summed E-state index contributed by atoms with van der Waals surface area (Å²) in [4.78, 5) is 22.6. The molecular weight excluding hydrogens is 262 g/mol. The highest BCUT2D eigenvalue weighted by Gasteiger charge is 2.16. The van der Waals surface area contributed by atoms with Gasteiger partial charge in [0, 0.05) is 6.07 Å². The molecule has 0 fully saturated rings. The number of ether oxygens (including phenoxy) is 3. The Kier molecular flexibility index (Phi) is 4.81. The molecule has 1 N–H and O–H groups in total. The lowest BCUT2D eigenvalue weighted by Crippen LogP contribution is -2.25. The molecule has 0 saturated heterocycles. The van der Waals surface area contributed by atoms with Crippen LogP contribution in [-0.4, -0.2) is 31.7 Å². The van der Waals surface area contributed by atoms with Crippen LogP contribution in [0.4, 0.5) is 5.69 Å². The molecule has 0 spiro atoms. The highest BCUT2D eigenvalue weighted by atomic mass is 16.6. The van der Waals surface area contributed by atoms with Gasteiger partial charge >= 0.3 is 5.97 Å². The van der Waals surface area contributed by atoms with Crippen molar-refractivity contribution in [1.29, 1.82) is 0 Å². The van der Waals surface area contributed by atoms with Gasteiger partial charge < -0.3 is 19.5 Å². The molecular formula is C14H17NO5. The summed E-state index contributed by atoms with van der Waals surface area (Å²) in [5, 5.41) is 2.67. The summed E-state index contributed by atoms with van der Waals surface area (Å²) in [5.74, 6) is 0.439. The standard InChI is InChI=1S/C14H17NO5/c1-2-3-6-18-14(17)9-19-10-4-5-12-11(7-10)15-13(16)8-20-12/h4-5,7H,2-3,6,8-9H2,1H3,(H,15,16). The zero-order chi connectivity index (χ0) is 14.4. The molecule has 1 amide bonds. The van der Waals surface area contributed by atoms with E-state index < -0.39 is 5.97 Å². The molecule has 108 valence electrons. The Morgan fingerprint density at radius 3 is 3.10 bits per heavy atom. The highest BCUT2D eigenvalue weighted by Crippen LogP contribution is 2.31. The van der Waals surface area contributed by atoms with Gasteiger partial charge in [-0.2, -0.15) is 0 Å². The number of carbonyl (C=O) groups is 2. The van der Waals surface area contributed by atoms with E-state index in [9.17, 15) is 9.59 Å². The lowest BCUT2D eigenvalue weighted by molar-refractivity contribution is -0.146. The van der Waals surface area contributed by atoms with Crippen LogP contribution in [0.25, 0.3) is 0 Å². The fourth-order valence-corrected chi connectivity index (χ4v) is 1.67. The van der Waals surface area contributed by atoms with Crippen LogP contribution in [0.15, 0.2) is 18.2 Å². The number of benzene rings is 1. The van der Waals surface area contributed by atoms with Crippen LogP contribution in [0.1, 0.15) is 19.8 Å². The summed E-state index contributed by atoms with van der Waals surface area (Å²) >= 11 is 0. The summed E-state index contributed by atoms with van der Waals surface area (Å²) in [5.41, 5.74) is 0.540. The molecule has 2 rings (SSSR count). The molecule has 20 heavy (non-hydrogen) atoms. The van der Waals surface area contributed by atoms with E-state index in [0.717, 1.165) is 12.8 Å². The Labute approximate surface area is 117 Å². The minimum Gasteiger partial charge on any atom is -0.482 e. The lowest BCUT2D eigenvalue weighted by atomic mass is 10.2. The molecule has 1 aliphatic heterocycles. The van der Waals surface area contributed by atoms with E-state index in [-0.39, 0.29) is 19.1 Å². The van der Waals surface area contributed by atoms with E-state index in [0.29, 0.717) is 23.8 Å². The number of amides is 1. The van der Waals surface area contributed by atoms with Crippen molar-refractivity contribution < 1.29 is 23.8 Å². The average Bonchev–Trinajstić information content (AvgIpc) is 2.45. The maximum absolute atomic E-state index is 11.4. The third-order valence-corrected chi connectivity index (χ3v) is 2.70. The van der Waals surface area contributed by atoms with Crippen LogP contribution < -0.4 is 14.8 Å². The number of carbonyl (C=O) groups excluding carboxylic acids is 2. The van der Waals surface area contributed by atoms with Gasteiger partial charge in [0.15, 0.2) is 13.2 Å². The Bertz CT molecular complexity index is 500. The van der Waals surface area contributed by atoms with Gasteiger partial charge in [0.05, 0.1) is 12.3 Å². The maximum atomic E-state index is 11.4. The van der Waals surface area contributed by atoms with Gasteiger partial charge in [-0.25, -0.2) is 4.79 Å². The Morgan fingerprint density at radius 2 is 2.30 bits per heavy atom. The lowest BCUT2D eigenvalue weighted by Gasteiger charge is -2.18. The van der Waals surface area contributed by atoms with Crippen LogP contribution in [0.2, 0.25) is 0 Å². The minimum atomic E-state index is -0.406. The molecule has 0 unspecified atom stereocenters. The normalized spacial score (nSPS) is 12.9. The van der Waals surface area contributed by atoms with E-state index in [4.69, 9.17) is 14.2 Å². The van der Waals surface area contributed by atoms with Gasteiger partial charge in [-0.3, -0.25) is 4.79 Å². The van der Waals surface area contributed by atoms with Gasteiger partial charge in [-0.15, -0.1) is 0 Å². The largest absolute Gasteiger partial charge is 0.482 e. The van der Waals surface area contributed by atoms with Crippen LogP contribution >= 0.6 is 0 Å². The predicted molar refractivity (Wildman–Crippen MR) is 71.9 cm³/mol. The zero-order valence-corrected chi connectivity index (χ0v) is 11.3. The molecule has 1 heterocycles. The second-order valence-electron chi connectivity index (χ2n) is 4.36. The third kappa shape index (κ3) is 3.88. The van der Waals surface area contributed by atoms with Crippen molar-refractivity contribution in [2.45, 2.75) is 19.8 Å². The maximum Gasteiger partial charge on any atom is 0.344 e. The number of unbranched alkanes of at least 4 members (excludes halogenated alkanes) is 1. The number of fused-ring (bicyclic) bond motifs is 1. The zero-order valence-electron chi connectivity index (χ0n) is 11.3. The first kappa shape index (κ1) is 14.2. The highest BCUT2D eigenvalue weighted by molar-refractivity contribution is 5.95. The van der Waals surface area contributed by atoms with E-state index in [1.165, 1.54) is 0 Å². The van der Waals surface area contributed by atoms with Crippen molar-refractivity contribution in [3.05, 3.63) is 18.2 Å². The van der Waals surface area contributed by atoms with Crippen LogP contribution in [0, 0.1) is 0 Å². The van der Waals surface area contributed by atoms with Gasteiger partial charge in [-0.1, -0.05) is 13.3 Å². The SMILES string of the molecule is CCCCOC(=O)COc1ccc2c(c1)NC(=O)CO2. The summed E-state index contributed by atoms with van der Waals surface area (Å²) in [7, 11) is 0. The van der Waals surface area contributed by atoms with Crippen LogP contribution in [0.5, 0.6) is 11.5 Å². The predicted octanol–water partition coefficient (Wildman–Crippen LogP) is 1.74. The smallest absolute Gasteiger partial charge is 0.344 e. The fraction of sp³-hybridized carbons (Fsp3) is 0.429. The molecule has 1 aromatic carbocycles. The van der Waals surface area contributed by atoms with Crippen molar-refractivity contribution in [3.8, 4) is 11.5 Å². The van der Waals surface area contributed by atoms with Crippen LogP contribution in [-0.2, 0) is 14.3 Å². The molecule has 0 aromatic heterocycles. The van der Waals surface area contributed by atoms with E-state index in [1.807, 2.05) is 6.92 Å². The van der Waals surface area contributed by atoms with Crippen molar-refractivity contribution in [2.24, 2.45) is 0 Å². The molecule has 6 nitrogen and oxygen atoms in total. The average molecular weight is 279 g/mol. The van der Waals surface area contributed by atoms with E-state index in [1.54, 1.807) is 18.2 Å². The number of nitrogens with one attached hydrogen (secondary N) is 1. The fourth-order valence-electron chi connectivity index (χ4n) is 1.67. The quantitative estimate of drug-likeness (QED) is 0.634. The number of hydrogen-bond donors (Lipinski definition) is 1. The molecule has 1 aliphatic rings. The van der Waals surface area contributed by atoms with Crippen molar-refractivity contribution >= 4 is 17.6 Å². The number of rotatable bonds is 6. The first-order valence-corrected chi connectivity index (χ1v) is 6.54. The van der Waals surface area contributed by atoms with Crippen molar-refractivity contribution in [3.63, 3.8) is 0 Å². The Hall–Kier alpha value is -2.24. The van der Waals surface area contributed by atoms with Gasteiger partial charge in [0.1, 0.15) is 11.5 Å². The second-order valence-corrected chi connectivity index (χ2v) is 4.36. The summed E-state index contributed by atoms with van der Waals surface area (Å²) < 4.78 is 15.5. The van der Waals surface area contributed by atoms with Crippen molar-refractivity contribution in [2.75, 3.05) is 25.1 Å². The number of esters is 1. The van der Waals surface area contributed by atoms with Gasteiger partial charge in [-0.05, 0) is 18.6 Å². The molecule has 0 bridgehead atoms. The minimum absolute atomic E-state index is 0.0109. The topological polar surface area (TPSA) is 73.9 Å². The first-order chi connectivity index (χ1) is 9.69. The van der Waals surface area contributed by atoms with Gasteiger partial charge in [0.2, 0.25) is 0 Å². The summed E-state index contributed by atoms with van der Waals surface area (Å²) in [6.45, 7) is 2.29. The first-order valence-electron chi connectivity index (χ1n) is 6.54. The Morgan fingerprint density at radius 1 is 1.45 bits per heavy atom. The number of hydrogen-bond acceptors (Lipinski definition) is 5. The molecule has 0 aliphatic carbocycles. The van der Waals surface area contributed by atoms with E-state index in [2.05, 4.69) is 5.32 Å². The summed E-state index contributed by atoms with van der Waals surface area (Å²) in [6.07, 6.45) is 1.81.